The number of esters is 1. The van der Waals surface area contributed by atoms with Crippen LogP contribution in [0.2, 0.25) is 0 Å². The molecule has 9 nitrogen and oxygen atoms in total. The van der Waals surface area contributed by atoms with Gasteiger partial charge in [0, 0.05) is 23.5 Å². The van der Waals surface area contributed by atoms with Crippen LogP contribution in [0.15, 0.2) is 30.3 Å². The maximum atomic E-state index is 15.0. The molecular weight excluding hydrogens is 467 g/mol. The predicted octanol–water partition coefficient (Wildman–Crippen LogP) is 5.24. The van der Waals surface area contributed by atoms with E-state index in [9.17, 15) is 14.0 Å². The third-order valence-corrected chi connectivity index (χ3v) is 5.75. The number of imidazole rings is 1. The largest absolute Gasteiger partial charge is 0.494 e. The summed E-state index contributed by atoms with van der Waals surface area (Å²) in [6.45, 7) is 6.97. The van der Waals surface area contributed by atoms with E-state index in [1.807, 2.05) is 11.6 Å². The molecule has 0 saturated heterocycles. The molecule has 0 radical (unpaired) electrons. The van der Waals surface area contributed by atoms with Crippen molar-refractivity contribution in [3.8, 4) is 17.3 Å². The standard InChI is InChI=1S/C26H29FN4O5/c1-13(28-25(33)36-26(2,3)4)16-12-18-14(8-17(16)27)9-20(29-18)23-30-19-10-15(24(32)35-7)11-21(34-6)22(19)31(23)5/h8-13,29H,1-7H3,(H,28,33)/t13-/m1/s1. The molecule has 10 heteroatoms. The van der Waals surface area contributed by atoms with E-state index in [1.54, 1.807) is 52.0 Å². The quantitative estimate of drug-likeness (QED) is 0.366. The van der Waals surface area contributed by atoms with E-state index in [0.29, 0.717) is 50.3 Å². The SMILES string of the molecule is COC(=O)c1cc(OC)c2c(c1)nc(-c1cc3cc(F)c([C@@H](C)NC(=O)OC(C)(C)C)cc3[nH]1)n2C. The lowest BCUT2D eigenvalue weighted by Gasteiger charge is -2.22. The molecule has 2 heterocycles. The number of amides is 1. The van der Waals surface area contributed by atoms with Gasteiger partial charge in [0.1, 0.15) is 22.7 Å². The number of nitrogens with one attached hydrogen (secondary N) is 2. The van der Waals surface area contributed by atoms with Crippen LogP contribution >= 0.6 is 0 Å². The van der Waals surface area contributed by atoms with Crippen LogP contribution < -0.4 is 10.1 Å². The van der Waals surface area contributed by atoms with Crippen molar-refractivity contribution >= 4 is 34.0 Å². The zero-order valence-corrected chi connectivity index (χ0v) is 21.3. The van der Waals surface area contributed by atoms with Gasteiger partial charge in [-0.2, -0.15) is 0 Å². The van der Waals surface area contributed by atoms with E-state index in [0.717, 1.165) is 0 Å². The number of ether oxygens (including phenoxy) is 3. The first-order valence-corrected chi connectivity index (χ1v) is 11.4. The summed E-state index contributed by atoms with van der Waals surface area (Å²) >= 11 is 0. The van der Waals surface area contributed by atoms with Crippen molar-refractivity contribution in [2.75, 3.05) is 14.2 Å². The number of aromatic amines is 1. The van der Waals surface area contributed by atoms with Gasteiger partial charge in [-0.15, -0.1) is 0 Å². The molecule has 190 valence electrons. The number of aryl methyl sites for hydroxylation is 1. The number of alkyl carbamates (subject to hydrolysis) is 1. The van der Waals surface area contributed by atoms with Gasteiger partial charge in [0.2, 0.25) is 0 Å². The van der Waals surface area contributed by atoms with Crippen molar-refractivity contribution in [3.63, 3.8) is 0 Å². The number of fused-ring (bicyclic) bond motifs is 2. The van der Waals surface area contributed by atoms with Crippen LogP contribution in [0, 0.1) is 5.82 Å². The second-order valence-corrected chi connectivity index (χ2v) is 9.54. The second kappa shape index (κ2) is 9.18. The van der Waals surface area contributed by atoms with Crippen LogP contribution in [0.25, 0.3) is 33.5 Å². The van der Waals surface area contributed by atoms with Crippen LogP contribution in [0.3, 0.4) is 0 Å². The average molecular weight is 497 g/mol. The Kier molecular flexibility index (Phi) is 6.38. The predicted molar refractivity (Wildman–Crippen MR) is 134 cm³/mol. The molecule has 36 heavy (non-hydrogen) atoms. The van der Waals surface area contributed by atoms with Crippen LogP contribution in [-0.2, 0) is 16.5 Å². The molecule has 0 spiro atoms. The molecule has 0 bridgehead atoms. The van der Waals surface area contributed by atoms with E-state index in [4.69, 9.17) is 19.2 Å². The number of methoxy groups -OCH3 is 2. The van der Waals surface area contributed by atoms with Crippen LogP contribution in [-0.4, -0.2) is 46.4 Å². The number of benzene rings is 2. The molecule has 2 aromatic carbocycles. The Morgan fingerprint density at radius 2 is 1.86 bits per heavy atom. The van der Waals surface area contributed by atoms with Crippen molar-refractivity contribution in [2.24, 2.45) is 7.05 Å². The fraction of sp³-hybridized carbons (Fsp3) is 0.346. The molecule has 0 unspecified atom stereocenters. The first-order valence-electron chi connectivity index (χ1n) is 11.4. The number of carbonyl (C=O) groups is 2. The van der Waals surface area contributed by atoms with Crippen molar-refractivity contribution < 1.29 is 28.2 Å². The minimum absolute atomic E-state index is 0.316. The lowest BCUT2D eigenvalue weighted by molar-refractivity contribution is 0.0506. The number of hydrogen-bond acceptors (Lipinski definition) is 6. The molecule has 1 atom stereocenters. The topological polar surface area (TPSA) is 107 Å². The molecule has 2 aromatic heterocycles. The van der Waals surface area contributed by atoms with Crippen molar-refractivity contribution in [3.05, 3.63) is 47.3 Å². The summed E-state index contributed by atoms with van der Waals surface area (Å²) in [7, 11) is 4.65. The highest BCUT2D eigenvalue weighted by Crippen LogP contribution is 2.33. The van der Waals surface area contributed by atoms with Gasteiger partial charge in [-0.3, -0.25) is 0 Å². The third-order valence-electron chi connectivity index (χ3n) is 5.75. The fourth-order valence-corrected chi connectivity index (χ4v) is 4.13. The normalized spacial score (nSPS) is 12.6. The maximum absolute atomic E-state index is 15.0. The van der Waals surface area contributed by atoms with E-state index >= 15 is 0 Å². The fourth-order valence-electron chi connectivity index (χ4n) is 4.13. The van der Waals surface area contributed by atoms with Gasteiger partial charge in [-0.25, -0.2) is 19.0 Å². The molecule has 0 aliphatic heterocycles. The van der Waals surface area contributed by atoms with Gasteiger partial charge >= 0.3 is 12.1 Å². The molecule has 0 saturated carbocycles. The monoisotopic (exact) mass is 496 g/mol. The summed E-state index contributed by atoms with van der Waals surface area (Å²) < 4.78 is 32.4. The van der Waals surface area contributed by atoms with Gasteiger partial charge in [-0.05, 0) is 58.0 Å². The number of halogens is 1. The Labute approximate surface area is 207 Å². The molecule has 4 aromatic rings. The number of aromatic nitrogens is 3. The van der Waals surface area contributed by atoms with Crippen molar-refractivity contribution in [2.45, 2.75) is 39.3 Å². The molecule has 0 aliphatic carbocycles. The summed E-state index contributed by atoms with van der Waals surface area (Å²) in [6, 6.07) is 7.49. The second-order valence-electron chi connectivity index (χ2n) is 9.54. The van der Waals surface area contributed by atoms with Crippen molar-refractivity contribution in [1.82, 2.24) is 19.9 Å². The highest BCUT2D eigenvalue weighted by molar-refractivity contribution is 5.97. The van der Waals surface area contributed by atoms with E-state index < -0.39 is 29.5 Å². The van der Waals surface area contributed by atoms with Crippen LogP contribution in [0.1, 0.15) is 49.7 Å². The Morgan fingerprint density at radius 3 is 2.50 bits per heavy atom. The maximum Gasteiger partial charge on any atom is 0.408 e. The summed E-state index contributed by atoms with van der Waals surface area (Å²) in [4.78, 5) is 32.2. The highest BCUT2D eigenvalue weighted by atomic mass is 19.1. The summed E-state index contributed by atoms with van der Waals surface area (Å²) in [6.07, 6.45) is -0.623. The lowest BCUT2D eigenvalue weighted by Crippen LogP contribution is -2.34. The first-order chi connectivity index (χ1) is 16.9. The number of H-pyrrole nitrogens is 1. The Balaban J connectivity index is 1.73. The summed E-state index contributed by atoms with van der Waals surface area (Å²) in [5, 5.41) is 3.32. The molecule has 1 amide bonds. The molecule has 2 N–H and O–H groups in total. The number of nitrogens with zero attached hydrogens (tertiary/aromatic N) is 2. The van der Waals surface area contributed by atoms with Gasteiger partial charge < -0.3 is 29.1 Å². The van der Waals surface area contributed by atoms with Crippen LogP contribution in [0.5, 0.6) is 5.75 Å². The van der Waals surface area contributed by atoms with E-state index in [-0.39, 0.29) is 0 Å². The number of rotatable bonds is 5. The third kappa shape index (κ3) is 4.71. The Morgan fingerprint density at radius 1 is 1.14 bits per heavy atom. The molecular formula is C26H29FN4O5. The lowest BCUT2D eigenvalue weighted by atomic mass is 10.1. The molecule has 0 aliphatic rings. The smallest absolute Gasteiger partial charge is 0.408 e. The zero-order chi connectivity index (χ0) is 26.4. The summed E-state index contributed by atoms with van der Waals surface area (Å²) in [5.41, 5.74) is 2.54. The molecule has 0 fully saturated rings. The minimum Gasteiger partial charge on any atom is -0.494 e. The van der Waals surface area contributed by atoms with Gasteiger partial charge in [0.15, 0.2) is 5.82 Å². The summed E-state index contributed by atoms with van der Waals surface area (Å²) in [5.74, 6) is 0.0974. The van der Waals surface area contributed by atoms with Crippen LogP contribution in [0.4, 0.5) is 9.18 Å². The molecule has 4 rings (SSSR count). The number of hydrogen-bond donors (Lipinski definition) is 2. The van der Waals surface area contributed by atoms with Gasteiger partial charge in [0.05, 0.1) is 37.0 Å². The highest BCUT2D eigenvalue weighted by Gasteiger charge is 2.22. The Hall–Kier alpha value is -4.08. The minimum atomic E-state index is -0.660. The first kappa shape index (κ1) is 25.0. The van der Waals surface area contributed by atoms with E-state index in [1.165, 1.54) is 20.3 Å². The van der Waals surface area contributed by atoms with Crippen molar-refractivity contribution in [1.29, 1.82) is 0 Å². The van der Waals surface area contributed by atoms with E-state index in [2.05, 4.69) is 10.3 Å². The Bertz CT molecular complexity index is 1480. The van der Waals surface area contributed by atoms with Gasteiger partial charge in [0.25, 0.3) is 0 Å². The number of carbonyl (C=O) groups excluding carboxylic acids is 2. The zero-order valence-electron chi connectivity index (χ0n) is 21.3. The van der Waals surface area contributed by atoms with Gasteiger partial charge in [-0.1, -0.05) is 0 Å². The average Bonchev–Trinajstić information content (AvgIpc) is 3.36.